The summed E-state index contributed by atoms with van der Waals surface area (Å²) in [5.41, 5.74) is 2.31. The minimum absolute atomic E-state index is 0.381. The Balaban J connectivity index is 1.02. The summed E-state index contributed by atoms with van der Waals surface area (Å²) in [6.07, 6.45) is -7.11. The summed E-state index contributed by atoms with van der Waals surface area (Å²) in [7, 11) is -5.44. The smallest absolute Gasteiger partial charge is 0.463 e. The standard InChI is InChI=1S/C45H52FN5O14P2S/c1-26-27(2)37(59-29(4)53)43(61-36(26)34(46)23-57-28(3)52)64-66(54,55)65-67(56,68)58-24-35-38-39(63-44(5,6)62-38)42(60-35)51-41-33(22-49-51)40(47-25-48-41)50-45(30-16-10-7-11-17-30,31-18-12-8-13-19-31)32-20-14-9-15-21-32/h7-22,25-27,34-39,42-43H,23-24H2,1-6H3,(H,54,55)(H,56,68)(H,47,48,50)/t26-,27-,34-,35+,36?,37?,38-,39?,42+,43-,67?/m0/s1. The van der Waals surface area contributed by atoms with Crippen molar-refractivity contribution in [3.63, 3.8) is 0 Å². The summed E-state index contributed by atoms with van der Waals surface area (Å²) < 4.78 is 81.2. The molecule has 364 valence electrons. The topological polar surface area (TPSA) is 230 Å². The van der Waals surface area contributed by atoms with Gasteiger partial charge in [0, 0.05) is 19.8 Å². The van der Waals surface area contributed by atoms with Crippen LogP contribution in [0.5, 0.6) is 0 Å². The van der Waals surface area contributed by atoms with Gasteiger partial charge in [-0.15, -0.1) is 0 Å². The van der Waals surface area contributed by atoms with Crippen LogP contribution in [0.25, 0.3) is 11.0 Å². The highest BCUT2D eigenvalue weighted by Gasteiger charge is 2.57. The molecule has 5 heterocycles. The Morgan fingerprint density at radius 3 is 2.06 bits per heavy atom. The molecule has 23 heteroatoms. The zero-order valence-corrected chi connectivity index (χ0v) is 40.4. The molecular formula is C45H52FN5O14P2S. The number of hydrogen-bond donors (Lipinski definition) is 3. The van der Waals surface area contributed by atoms with E-state index in [0.717, 1.165) is 30.5 Å². The molecule has 0 amide bonds. The molecule has 12 atom stereocenters. The molecule has 3 aliphatic rings. The monoisotopic (exact) mass is 999 g/mol. The van der Waals surface area contributed by atoms with E-state index in [-0.39, 0.29) is 0 Å². The number of carbonyl (C=O) groups excluding carboxylic acids is 2. The molecule has 0 spiro atoms. The number of alkyl halides is 1. The van der Waals surface area contributed by atoms with Gasteiger partial charge in [0.05, 0.1) is 24.3 Å². The maximum absolute atomic E-state index is 15.3. The quantitative estimate of drug-likeness (QED) is 0.0491. The van der Waals surface area contributed by atoms with Crippen LogP contribution in [0.2, 0.25) is 0 Å². The number of benzene rings is 3. The highest BCUT2D eigenvalue weighted by molar-refractivity contribution is 8.08. The number of aromatic nitrogens is 4. The average molecular weight is 1000 g/mol. The third-order valence-electron chi connectivity index (χ3n) is 12.1. The maximum Gasteiger partial charge on any atom is 0.481 e. The van der Waals surface area contributed by atoms with E-state index in [1.165, 1.54) is 11.0 Å². The number of halogens is 1. The van der Waals surface area contributed by atoms with Crippen molar-refractivity contribution >= 4 is 55.1 Å². The van der Waals surface area contributed by atoms with Gasteiger partial charge in [-0.25, -0.2) is 27.9 Å². The van der Waals surface area contributed by atoms with Crippen molar-refractivity contribution in [3.05, 3.63) is 120 Å². The minimum atomic E-state index is -5.44. The predicted molar refractivity (Wildman–Crippen MR) is 244 cm³/mol. The lowest BCUT2D eigenvalue weighted by Crippen LogP contribution is -2.55. The summed E-state index contributed by atoms with van der Waals surface area (Å²) in [5.74, 6) is -3.55. The molecule has 68 heavy (non-hydrogen) atoms. The van der Waals surface area contributed by atoms with Crippen LogP contribution in [0.4, 0.5) is 10.2 Å². The van der Waals surface area contributed by atoms with E-state index < -0.39 is 112 Å². The number of anilines is 1. The molecule has 5 aromatic rings. The van der Waals surface area contributed by atoms with Crippen LogP contribution in [0, 0.1) is 11.8 Å². The zero-order chi connectivity index (χ0) is 48.6. The molecular weight excluding hydrogens is 948 g/mol. The van der Waals surface area contributed by atoms with Crippen LogP contribution in [0.15, 0.2) is 104 Å². The number of phosphoric acid groups is 1. The van der Waals surface area contributed by atoms with Crippen molar-refractivity contribution in [2.45, 2.75) is 102 Å². The number of nitrogens with zero attached hydrogens (tertiary/aromatic N) is 4. The summed E-state index contributed by atoms with van der Waals surface area (Å²) in [5, 5.41) is 9.05. The molecule has 0 bridgehead atoms. The number of rotatable bonds is 17. The lowest BCUT2D eigenvalue weighted by Gasteiger charge is -2.44. The molecule has 0 radical (unpaired) electrons. The van der Waals surface area contributed by atoms with Crippen molar-refractivity contribution in [2.75, 3.05) is 18.5 Å². The summed E-state index contributed by atoms with van der Waals surface area (Å²) in [4.78, 5) is 54.9. The van der Waals surface area contributed by atoms with Crippen molar-refractivity contribution in [1.82, 2.24) is 19.7 Å². The van der Waals surface area contributed by atoms with Crippen LogP contribution in [-0.4, -0.2) is 103 Å². The SMILES string of the molecule is CC(=O)OC[C@H](F)C1O[C@@H](OP(=O)(O)OP(O)(=S)OC[C@H]2O[C@@H](n3ncc4c(NC(c5ccccc5)(c5ccccc5)c5ccccc5)ncnc43)C3OC(C)(C)O[C@H]32)C(OC(C)=O)[C@@H](C)[C@@H]1C. The van der Waals surface area contributed by atoms with Crippen LogP contribution < -0.4 is 5.32 Å². The van der Waals surface area contributed by atoms with Crippen LogP contribution in [-0.2, 0) is 73.3 Å². The van der Waals surface area contributed by atoms with Gasteiger partial charge in [0.1, 0.15) is 42.6 Å². The van der Waals surface area contributed by atoms with Crippen molar-refractivity contribution in [1.29, 1.82) is 0 Å². The van der Waals surface area contributed by atoms with Crippen molar-refractivity contribution in [2.24, 2.45) is 11.8 Å². The molecule has 3 aliphatic heterocycles. The maximum atomic E-state index is 15.3. The highest BCUT2D eigenvalue weighted by atomic mass is 32.5. The number of hydrogen-bond acceptors (Lipinski definition) is 17. The van der Waals surface area contributed by atoms with Gasteiger partial charge >= 0.3 is 26.5 Å². The number of carbonyl (C=O) groups is 2. The largest absolute Gasteiger partial charge is 0.481 e. The Morgan fingerprint density at radius 2 is 1.49 bits per heavy atom. The van der Waals surface area contributed by atoms with Crippen molar-refractivity contribution in [3.8, 4) is 0 Å². The van der Waals surface area contributed by atoms with Crippen LogP contribution >= 0.6 is 14.5 Å². The summed E-state index contributed by atoms with van der Waals surface area (Å²) in [6.45, 7) is 2.92. The Kier molecular flexibility index (Phi) is 14.7. The van der Waals surface area contributed by atoms with Gasteiger partial charge in [0.15, 0.2) is 29.9 Å². The third kappa shape index (κ3) is 10.6. The zero-order valence-electron chi connectivity index (χ0n) is 37.8. The fourth-order valence-electron chi connectivity index (χ4n) is 8.92. The minimum Gasteiger partial charge on any atom is -0.463 e. The van der Waals surface area contributed by atoms with Gasteiger partial charge in [0.2, 0.25) is 6.29 Å². The van der Waals surface area contributed by atoms with Gasteiger partial charge in [0.25, 0.3) is 0 Å². The molecule has 19 nitrogen and oxygen atoms in total. The van der Waals surface area contributed by atoms with Gasteiger partial charge < -0.3 is 48.0 Å². The van der Waals surface area contributed by atoms with Gasteiger partial charge in [-0.05, 0) is 48.3 Å². The number of phosphoric ester groups is 1. The van der Waals surface area contributed by atoms with Crippen LogP contribution in [0.1, 0.15) is 64.5 Å². The first kappa shape index (κ1) is 49.8. The molecule has 3 N–H and O–H groups in total. The second kappa shape index (κ2) is 20.0. The lowest BCUT2D eigenvalue weighted by atomic mass is 9.77. The predicted octanol–water partition coefficient (Wildman–Crippen LogP) is 6.84. The molecule has 8 rings (SSSR count). The average Bonchev–Trinajstić information content (AvgIpc) is 3.97. The first-order valence-electron chi connectivity index (χ1n) is 21.7. The molecule has 0 aliphatic carbocycles. The molecule has 3 saturated heterocycles. The van der Waals surface area contributed by atoms with E-state index in [4.69, 9.17) is 63.7 Å². The Morgan fingerprint density at radius 1 is 0.897 bits per heavy atom. The second-order valence-electron chi connectivity index (χ2n) is 17.2. The van der Waals surface area contributed by atoms with E-state index in [0.29, 0.717) is 16.9 Å². The first-order chi connectivity index (χ1) is 32.3. The molecule has 3 aromatic carbocycles. The normalized spacial score (nSPS) is 27.9. The fraction of sp³-hybridized carbons (Fsp3) is 0.444. The number of ether oxygens (including phenoxy) is 6. The van der Waals surface area contributed by atoms with Gasteiger partial charge in [-0.3, -0.25) is 14.1 Å². The van der Waals surface area contributed by atoms with Crippen molar-refractivity contribution < 1.29 is 70.1 Å². The fourth-order valence-corrected chi connectivity index (χ4v) is 12.0. The Hall–Kier alpha value is -4.60. The molecule has 0 saturated carbocycles. The van der Waals surface area contributed by atoms with E-state index in [1.807, 2.05) is 91.0 Å². The Labute approximate surface area is 396 Å². The summed E-state index contributed by atoms with van der Waals surface area (Å²) >= 11 is 5.17. The van der Waals surface area contributed by atoms with E-state index in [2.05, 4.69) is 10.3 Å². The van der Waals surface area contributed by atoms with Gasteiger partial charge in [-0.1, -0.05) is 105 Å². The van der Waals surface area contributed by atoms with E-state index in [1.54, 1.807) is 33.9 Å². The molecule has 5 unspecified atom stereocenters. The number of fused-ring (bicyclic) bond motifs is 2. The lowest BCUT2D eigenvalue weighted by molar-refractivity contribution is -0.262. The highest BCUT2D eigenvalue weighted by Crippen LogP contribution is 2.62. The summed E-state index contributed by atoms with van der Waals surface area (Å²) in [6, 6.07) is 30.0. The molecule has 2 aromatic heterocycles. The Bertz CT molecular complexity index is 2580. The second-order valence-corrected chi connectivity index (χ2v) is 21.5. The number of nitrogens with one attached hydrogen (secondary N) is 1. The van der Waals surface area contributed by atoms with Gasteiger partial charge in [-0.2, -0.15) is 5.10 Å². The van der Waals surface area contributed by atoms with E-state index >= 15 is 4.39 Å². The van der Waals surface area contributed by atoms with Crippen LogP contribution in [0.3, 0.4) is 0 Å². The molecule has 3 fully saturated rings. The first-order valence-corrected chi connectivity index (χ1v) is 25.8. The van der Waals surface area contributed by atoms with E-state index in [9.17, 15) is 23.9 Å². The third-order valence-corrected chi connectivity index (χ3v) is 15.6. The number of esters is 2.